The van der Waals surface area contributed by atoms with Crippen LogP contribution in [0.15, 0.2) is 71.7 Å². The molecule has 162 valence electrons. The molecule has 0 saturated carbocycles. The molecular formula is C26H20I2O4. The summed E-state index contributed by atoms with van der Waals surface area (Å²) in [5.41, 5.74) is 2.58. The van der Waals surface area contributed by atoms with Gasteiger partial charge in [-0.2, -0.15) is 0 Å². The molecule has 1 N–H and O–H groups in total. The number of furan rings is 1. The van der Waals surface area contributed by atoms with Crippen LogP contribution in [0.25, 0.3) is 16.7 Å². The minimum absolute atomic E-state index is 0.120. The number of aromatic hydroxyl groups is 1. The molecule has 0 spiro atoms. The van der Waals surface area contributed by atoms with E-state index in [1.54, 1.807) is 18.2 Å². The molecule has 0 atom stereocenters. The second-order valence-electron chi connectivity index (χ2n) is 7.32. The SMILES string of the molecule is C=C(Oc1ccc2c(C(=O)c3cc(I)c(O)c(I)c3)c(CCC)oc2c1)c1ccccc1. The van der Waals surface area contributed by atoms with Crippen molar-refractivity contribution in [2.45, 2.75) is 19.8 Å². The zero-order chi connectivity index (χ0) is 22.8. The summed E-state index contributed by atoms with van der Waals surface area (Å²) in [5.74, 6) is 1.86. The first-order valence-corrected chi connectivity index (χ1v) is 12.2. The minimum atomic E-state index is -0.120. The Bertz CT molecular complexity index is 1300. The maximum atomic E-state index is 13.5. The first-order chi connectivity index (χ1) is 15.4. The molecule has 1 heterocycles. The number of phenols is 1. The Kier molecular flexibility index (Phi) is 6.90. The van der Waals surface area contributed by atoms with E-state index in [9.17, 15) is 9.90 Å². The van der Waals surface area contributed by atoms with Crippen molar-refractivity contribution >= 4 is 67.7 Å². The molecule has 4 nitrogen and oxygen atoms in total. The van der Waals surface area contributed by atoms with Crippen molar-refractivity contribution in [1.82, 2.24) is 0 Å². The van der Waals surface area contributed by atoms with Crippen LogP contribution in [-0.2, 0) is 6.42 Å². The van der Waals surface area contributed by atoms with Crippen molar-refractivity contribution in [1.29, 1.82) is 0 Å². The van der Waals surface area contributed by atoms with Gasteiger partial charge in [-0.25, -0.2) is 0 Å². The largest absolute Gasteiger partial charge is 0.506 e. The van der Waals surface area contributed by atoms with E-state index in [1.807, 2.05) is 94.6 Å². The maximum absolute atomic E-state index is 13.5. The third kappa shape index (κ3) is 4.56. The highest BCUT2D eigenvalue weighted by atomic mass is 127. The highest BCUT2D eigenvalue weighted by Gasteiger charge is 2.23. The van der Waals surface area contributed by atoms with Crippen LogP contribution in [0, 0.1) is 7.14 Å². The Hall–Kier alpha value is -2.33. The number of hydrogen-bond donors (Lipinski definition) is 1. The van der Waals surface area contributed by atoms with Crippen molar-refractivity contribution in [2.24, 2.45) is 0 Å². The number of hydrogen-bond acceptors (Lipinski definition) is 4. The van der Waals surface area contributed by atoms with Gasteiger partial charge in [0.1, 0.15) is 28.6 Å². The molecule has 0 radical (unpaired) electrons. The lowest BCUT2D eigenvalue weighted by molar-refractivity contribution is 0.103. The molecule has 3 aromatic carbocycles. The Balaban J connectivity index is 1.73. The van der Waals surface area contributed by atoms with E-state index < -0.39 is 0 Å². The highest BCUT2D eigenvalue weighted by molar-refractivity contribution is 14.1. The van der Waals surface area contributed by atoms with Crippen molar-refractivity contribution < 1.29 is 19.1 Å². The summed E-state index contributed by atoms with van der Waals surface area (Å²) in [7, 11) is 0. The van der Waals surface area contributed by atoms with Crippen LogP contribution in [0.4, 0.5) is 0 Å². The fourth-order valence-electron chi connectivity index (χ4n) is 3.51. The van der Waals surface area contributed by atoms with Gasteiger partial charge in [0.15, 0.2) is 5.78 Å². The number of halogens is 2. The van der Waals surface area contributed by atoms with Gasteiger partial charge < -0.3 is 14.3 Å². The summed E-state index contributed by atoms with van der Waals surface area (Å²) >= 11 is 4.07. The first-order valence-electron chi connectivity index (χ1n) is 10.1. The van der Waals surface area contributed by atoms with E-state index >= 15 is 0 Å². The predicted molar refractivity (Wildman–Crippen MR) is 143 cm³/mol. The Morgan fingerprint density at radius 1 is 1.03 bits per heavy atom. The molecule has 0 aliphatic heterocycles. The van der Waals surface area contributed by atoms with Gasteiger partial charge in [0.05, 0.1) is 12.7 Å². The number of aryl methyl sites for hydroxylation is 1. The zero-order valence-corrected chi connectivity index (χ0v) is 21.6. The lowest BCUT2D eigenvalue weighted by atomic mass is 9.98. The second-order valence-corrected chi connectivity index (χ2v) is 9.64. The van der Waals surface area contributed by atoms with Gasteiger partial charge in [-0.15, -0.1) is 0 Å². The fraction of sp³-hybridized carbons (Fsp3) is 0.115. The molecule has 4 rings (SSSR count). The van der Waals surface area contributed by atoms with Crippen LogP contribution in [0.3, 0.4) is 0 Å². The van der Waals surface area contributed by atoms with E-state index in [1.165, 1.54) is 0 Å². The number of ether oxygens (including phenoxy) is 1. The van der Waals surface area contributed by atoms with Crippen LogP contribution in [0.1, 0.15) is 40.6 Å². The Morgan fingerprint density at radius 2 is 1.72 bits per heavy atom. The lowest BCUT2D eigenvalue weighted by Crippen LogP contribution is -2.05. The number of carbonyl (C=O) groups is 1. The topological polar surface area (TPSA) is 59.7 Å². The van der Waals surface area contributed by atoms with E-state index in [4.69, 9.17) is 9.15 Å². The van der Waals surface area contributed by atoms with Gasteiger partial charge in [0.2, 0.25) is 0 Å². The number of fused-ring (bicyclic) bond motifs is 1. The molecule has 32 heavy (non-hydrogen) atoms. The molecule has 6 heteroatoms. The molecule has 0 aliphatic carbocycles. The van der Waals surface area contributed by atoms with Gasteiger partial charge in [-0.1, -0.05) is 43.8 Å². The number of rotatable bonds is 7. The van der Waals surface area contributed by atoms with E-state index in [0.717, 1.165) is 17.4 Å². The quantitative estimate of drug-likeness (QED) is 0.127. The third-order valence-corrected chi connectivity index (χ3v) is 6.70. The molecule has 0 aliphatic rings. The van der Waals surface area contributed by atoms with Crippen LogP contribution in [-0.4, -0.2) is 10.9 Å². The molecule has 1 aromatic heterocycles. The highest BCUT2D eigenvalue weighted by Crippen LogP contribution is 2.34. The van der Waals surface area contributed by atoms with Crippen LogP contribution in [0.2, 0.25) is 0 Å². The summed E-state index contributed by atoms with van der Waals surface area (Å²) in [4.78, 5) is 13.5. The number of phenolic OH excluding ortho intramolecular Hbond substituents is 1. The molecule has 0 amide bonds. The van der Waals surface area contributed by atoms with E-state index in [0.29, 0.717) is 47.5 Å². The molecule has 0 unspecified atom stereocenters. The Morgan fingerprint density at radius 3 is 2.38 bits per heavy atom. The average Bonchev–Trinajstić information content (AvgIpc) is 3.14. The van der Waals surface area contributed by atoms with Gasteiger partial charge in [-0.3, -0.25) is 4.79 Å². The van der Waals surface area contributed by atoms with Gasteiger partial charge >= 0.3 is 0 Å². The zero-order valence-electron chi connectivity index (χ0n) is 17.3. The van der Waals surface area contributed by atoms with Crippen LogP contribution < -0.4 is 4.74 Å². The average molecular weight is 650 g/mol. The molecule has 0 bridgehead atoms. The third-order valence-electron chi connectivity index (χ3n) is 5.05. The van der Waals surface area contributed by atoms with Crippen molar-refractivity contribution in [3.63, 3.8) is 0 Å². The molecule has 4 aromatic rings. The van der Waals surface area contributed by atoms with Crippen LogP contribution in [0.5, 0.6) is 11.5 Å². The van der Waals surface area contributed by atoms with Crippen molar-refractivity contribution in [3.05, 3.63) is 96.8 Å². The summed E-state index contributed by atoms with van der Waals surface area (Å²) in [6, 6.07) is 18.6. The first kappa shape index (κ1) is 22.8. The monoisotopic (exact) mass is 650 g/mol. The van der Waals surface area contributed by atoms with Gasteiger partial charge in [0, 0.05) is 29.0 Å². The number of carbonyl (C=O) groups excluding carboxylic acids is 1. The fourth-order valence-corrected chi connectivity index (χ4v) is 5.28. The summed E-state index contributed by atoms with van der Waals surface area (Å²) in [6.07, 6.45) is 1.49. The van der Waals surface area contributed by atoms with E-state index in [2.05, 4.69) is 6.58 Å². The van der Waals surface area contributed by atoms with Crippen molar-refractivity contribution in [3.8, 4) is 11.5 Å². The minimum Gasteiger partial charge on any atom is -0.506 e. The summed E-state index contributed by atoms with van der Waals surface area (Å²) < 4.78 is 13.3. The Labute approximate surface area is 213 Å². The summed E-state index contributed by atoms with van der Waals surface area (Å²) in [6.45, 7) is 6.06. The van der Waals surface area contributed by atoms with Gasteiger partial charge in [0.25, 0.3) is 0 Å². The van der Waals surface area contributed by atoms with Crippen LogP contribution >= 0.6 is 45.2 Å². The summed E-state index contributed by atoms with van der Waals surface area (Å²) in [5, 5.41) is 10.8. The standard InChI is InChI=1S/C26H20I2O4/c1-3-7-22-24(25(29)17-12-20(27)26(30)21(28)13-17)19-11-10-18(14-23(19)32-22)31-15(2)16-8-5-4-6-9-16/h4-6,8-14,30H,2-3,7H2,1H3. The lowest BCUT2D eigenvalue weighted by Gasteiger charge is -2.09. The van der Waals surface area contributed by atoms with E-state index in [-0.39, 0.29) is 11.5 Å². The molecule has 0 saturated heterocycles. The molecule has 0 fully saturated rings. The van der Waals surface area contributed by atoms with Gasteiger partial charge in [-0.05, 0) is 75.9 Å². The predicted octanol–water partition coefficient (Wildman–Crippen LogP) is 7.58. The molecular weight excluding hydrogens is 630 g/mol. The maximum Gasteiger partial charge on any atom is 0.197 e. The normalized spacial score (nSPS) is 11.0. The van der Waals surface area contributed by atoms with Crippen molar-refractivity contribution in [2.75, 3.05) is 0 Å². The second kappa shape index (κ2) is 9.66. The number of benzene rings is 3. The smallest absolute Gasteiger partial charge is 0.197 e. The number of ketones is 1.